The summed E-state index contributed by atoms with van der Waals surface area (Å²) in [5.41, 5.74) is 8.27. The quantitative estimate of drug-likeness (QED) is 0.768. The second kappa shape index (κ2) is 4.71. The average Bonchev–Trinajstić information content (AvgIpc) is 2.75. The first-order chi connectivity index (χ1) is 9.60. The standard InChI is InChI=1S/C12H14N6OS/c1-6-3-4-8-7(5-6)14-12(20-2)15-11-9(10(13)19)16-17-18(8)11/h3-5,12,14-15H,1-2H3,(H2,13,19). The lowest BCUT2D eigenvalue weighted by Gasteiger charge is -2.17. The summed E-state index contributed by atoms with van der Waals surface area (Å²) in [6, 6.07) is 5.95. The van der Waals surface area contributed by atoms with Gasteiger partial charge in [-0.15, -0.1) is 16.9 Å². The molecule has 0 aliphatic carbocycles. The van der Waals surface area contributed by atoms with E-state index < -0.39 is 5.91 Å². The van der Waals surface area contributed by atoms with Gasteiger partial charge < -0.3 is 16.4 Å². The number of nitrogens with one attached hydrogen (secondary N) is 2. The highest BCUT2D eigenvalue weighted by Gasteiger charge is 2.25. The Morgan fingerprint density at radius 3 is 2.95 bits per heavy atom. The number of aromatic nitrogens is 3. The topological polar surface area (TPSA) is 97.9 Å². The Bertz CT molecular complexity index is 683. The molecule has 1 amide bonds. The highest BCUT2D eigenvalue weighted by Crippen LogP contribution is 2.31. The van der Waals surface area contributed by atoms with Crippen molar-refractivity contribution in [3.63, 3.8) is 0 Å². The summed E-state index contributed by atoms with van der Waals surface area (Å²) in [6.07, 6.45) is 1.96. The van der Waals surface area contributed by atoms with Gasteiger partial charge in [0.15, 0.2) is 11.5 Å². The van der Waals surface area contributed by atoms with Crippen LogP contribution in [0.3, 0.4) is 0 Å². The fourth-order valence-corrected chi connectivity index (χ4v) is 2.59. The van der Waals surface area contributed by atoms with E-state index in [9.17, 15) is 4.79 Å². The maximum atomic E-state index is 11.4. The molecule has 7 nitrogen and oxygen atoms in total. The largest absolute Gasteiger partial charge is 0.364 e. The Hall–Kier alpha value is -2.22. The van der Waals surface area contributed by atoms with E-state index in [0.717, 1.165) is 16.9 Å². The molecule has 2 aromatic rings. The van der Waals surface area contributed by atoms with Crippen LogP contribution in [0.2, 0.25) is 0 Å². The van der Waals surface area contributed by atoms with Crippen LogP contribution in [0.15, 0.2) is 18.2 Å². The van der Waals surface area contributed by atoms with Crippen molar-refractivity contribution < 1.29 is 4.79 Å². The summed E-state index contributed by atoms with van der Waals surface area (Å²) in [7, 11) is 0. The summed E-state index contributed by atoms with van der Waals surface area (Å²) in [6.45, 7) is 2.02. The van der Waals surface area contributed by atoms with Crippen molar-refractivity contribution in [2.24, 2.45) is 5.73 Å². The van der Waals surface area contributed by atoms with Crippen molar-refractivity contribution in [1.29, 1.82) is 0 Å². The van der Waals surface area contributed by atoms with Gasteiger partial charge in [-0.05, 0) is 30.9 Å². The van der Waals surface area contributed by atoms with Crippen LogP contribution in [-0.2, 0) is 0 Å². The molecule has 1 aliphatic heterocycles. The van der Waals surface area contributed by atoms with Crippen molar-refractivity contribution in [2.45, 2.75) is 12.4 Å². The number of carbonyl (C=O) groups excluding carboxylic acids is 1. The summed E-state index contributed by atoms with van der Waals surface area (Å²) in [5, 5.41) is 14.5. The van der Waals surface area contributed by atoms with Crippen molar-refractivity contribution in [3.05, 3.63) is 29.5 Å². The van der Waals surface area contributed by atoms with Crippen molar-refractivity contribution in [3.8, 4) is 5.69 Å². The molecule has 1 unspecified atom stereocenters. The van der Waals surface area contributed by atoms with Gasteiger partial charge in [-0.25, -0.2) is 0 Å². The minimum atomic E-state index is -0.603. The minimum absolute atomic E-state index is 0.103. The van der Waals surface area contributed by atoms with Crippen molar-refractivity contribution in [1.82, 2.24) is 15.0 Å². The Kier molecular flexibility index (Phi) is 3.01. The van der Waals surface area contributed by atoms with Crippen molar-refractivity contribution in [2.75, 3.05) is 16.9 Å². The number of nitrogens with two attached hydrogens (primary N) is 1. The van der Waals surface area contributed by atoms with E-state index in [1.165, 1.54) is 0 Å². The lowest BCUT2D eigenvalue weighted by atomic mass is 10.2. The zero-order valence-corrected chi connectivity index (χ0v) is 11.9. The van der Waals surface area contributed by atoms with E-state index >= 15 is 0 Å². The van der Waals surface area contributed by atoms with E-state index in [0.29, 0.717) is 5.82 Å². The number of primary amides is 1. The summed E-state index contributed by atoms with van der Waals surface area (Å²) < 4.78 is 1.60. The maximum Gasteiger partial charge on any atom is 0.273 e. The number of aryl methyl sites for hydroxylation is 1. The van der Waals surface area contributed by atoms with Gasteiger partial charge in [0.1, 0.15) is 5.50 Å². The van der Waals surface area contributed by atoms with Gasteiger partial charge in [0.25, 0.3) is 5.91 Å². The molecule has 20 heavy (non-hydrogen) atoms. The van der Waals surface area contributed by atoms with Crippen molar-refractivity contribution >= 4 is 29.2 Å². The number of hydrogen-bond donors (Lipinski definition) is 3. The zero-order valence-electron chi connectivity index (χ0n) is 11.0. The highest BCUT2D eigenvalue weighted by molar-refractivity contribution is 7.99. The number of nitrogens with zero attached hydrogens (tertiary/aromatic N) is 3. The number of thioether (sulfide) groups is 1. The fourth-order valence-electron chi connectivity index (χ4n) is 2.12. The Balaban J connectivity index is 2.22. The first-order valence-electron chi connectivity index (χ1n) is 6.02. The predicted octanol–water partition coefficient (Wildman–Crippen LogP) is 1.16. The van der Waals surface area contributed by atoms with Gasteiger partial charge in [-0.2, -0.15) is 4.68 Å². The Morgan fingerprint density at radius 1 is 1.45 bits per heavy atom. The van der Waals surface area contributed by atoms with Gasteiger partial charge >= 0.3 is 0 Å². The van der Waals surface area contributed by atoms with Crippen LogP contribution >= 0.6 is 11.8 Å². The molecule has 0 bridgehead atoms. The van der Waals surface area contributed by atoms with Crippen LogP contribution in [0, 0.1) is 6.92 Å². The van der Waals surface area contributed by atoms with Crippen LogP contribution in [0.25, 0.3) is 5.69 Å². The summed E-state index contributed by atoms with van der Waals surface area (Å²) in [4.78, 5) is 11.4. The molecule has 8 heteroatoms. The summed E-state index contributed by atoms with van der Waals surface area (Å²) >= 11 is 1.57. The zero-order chi connectivity index (χ0) is 14.3. The smallest absolute Gasteiger partial charge is 0.273 e. The van der Waals surface area contributed by atoms with Crippen LogP contribution in [0.5, 0.6) is 0 Å². The molecule has 0 spiro atoms. The molecule has 1 aromatic carbocycles. The van der Waals surface area contributed by atoms with Gasteiger partial charge in [-0.1, -0.05) is 11.3 Å². The van der Waals surface area contributed by atoms with E-state index in [1.807, 2.05) is 31.4 Å². The highest BCUT2D eigenvalue weighted by atomic mass is 32.2. The third kappa shape index (κ3) is 1.97. The molecule has 1 atom stereocenters. The average molecular weight is 290 g/mol. The van der Waals surface area contributed by atoms with Crippen LogP contribution in [0.1, 0.15) is 16.1 Å². The monoisotopic (exact) mass is 290 g/mol. The first kappa shape index (κ1) is 12.8. The van der Waals surface area contributed by atoms with E-state index in [4.69, 9.17) is 5.73 Å². The lowest BCUT2D eigenvalue weighted by molar-refractivity contribution is 0.0996. The molecular formula is C12H14N6OS. The molecule has 104 valence electrons. The second-order valence-electron chi connectivity index (χ2n) is 4.49. The molecule has 0 saturated heterocycles. The predicted molar refractivity (Wildman–Crippen MR) is 79.2 cm³/mol. The SMILES string of the molecule is CSC1Nc2cc(C)ccc2-n2nnc(C(N)=O)c2N1. The molecule has 4 N–H and O–H groups in total. The number of anilines is 2. The normalized spacial score (nSPS) is 16.4. The third-order valence-corrected chi connectivity index (χ3v) is 3.78. The van der Waals surface area contributed by atoms with E-state index in [2.05, 4.69) is 20.9 Å². The molecule has 0 fully saturated rings. The second-order valence-corrected chi connectivity index (χ2v) is 5.43. The van der Waals surface area contributed by atoms with Crippen LogP contribution in [0.4, 0.5) is 11.5 Å². The van der Waals surface area contributed by atoms with Gasteiger partial charge in [0.05, 0.1) is 11.4 Å². The molecule has 1 aliphatic rings. The minimum Gasteiger partial charge on any atom is -0.364 e. The Morgan fingerprint density at radius 2 is 2.25 bits per heavy atom. The third-order valence-electron chi connectivity index (χ3n) is 3.07. The van der Waals surface area contributed by atoms with E-state index in [1.54, 1.807) is 16.4 Å². The number of benzene rings is 1. The van der Waals surface area contributed by atoms with Gasteiger partial charge in [0, 0.05) is 0 Å². The number of hydrogen-bond acceptors (Lipinski definition) is 6. The number of fused-ring (bicyclic) bond motifs is 3. The van der Waals surface area contributed by atoms with Crippen LogP contribution in [-0.4, -0.2) is 32.7 Å². The molecule has 1 aromatic heterocycles. The number of rotatable bonds is 2. The molecule has 3 rings (SSSR count). The lowest BCUT2D eigenvalue weighted by Crippen LogP contribution is -2.25. The first-order valence-corrected chi connectivity index (χ1v) is 7.31. The maximum absolute atomic E-state index is 11.4. The molecule has 0 saturated carbocycles. The Labute approximate surface area is 119 Å². The number of carbonyl (C=O) groups is 1. The molecule has 0 radical (unpaired) electrons. The molecular weight excluding hydrogens is 276 g/mol. The molecule has 2 heterocycles. The van der Waals surface area contributed by atoms with E-state index in [-0.39, 0.29) is 11.2 Å². The van der Waals surface area contributed by atoms with Gasteiger partial charge in [0.2, 0.25) is 0 Å². The van der Waals surface area contributed by atoms with Gasteiger partial charge in [-0.3, -0.25) is 4.79 Å². The van der Waals surface area contributed by atoms with Crippen LogP contribution < -0.4 is 16.4 Å². The fraction of sp³-hybridized carbons (Fsp3) is 0.250. The summed E-state index contributed by atoms with van der Waals surface area (Å²) in [5.74, 6) is -0.0962. The number of amides is 1.